The maximum Gasteiger partial charge on any atom is 0.166 e. The van der Waals surface area contributed by atoms with Crippen molar-refractivity contribution in [2.24, 2.45) is 0 Å². The topological polar surface area (TPSA) is 38.7 Å². The number of thiazole rings is 1. The second-order valence-electron chi connectivity index (χ2n) is 4.55. The number of hydrogen-bond donors (Lipinski definition) is 0. The van der Waals surface area contributed by atoms with Gasteiger partial charge in [0.15, 0.2) is 5.15 Å². The van der Waals surface area contributed by atoms with Crippen LogP contribution in [0.25, 0.3) is 0 Å². The van der Waals surface area contributed by atoms with Crippen molar-refractivity contribution in [3.05, 3.63) is 26.9 Å². The molecule has 0 N–H and O–H groups in total. The van der Waals surface area contributed by atoms with Crippen LogP contribution < -0.4 is 0 Å². The summed E-state index contributed by atoms with van der Waals surface area (Å²) < 4.78 is 8.09. The van der Waals surface area contributed by atoms with Gasteiger partial charge >= 0.3 is 0 Å². The van der Waals surface area contributed by atoms with Crippen LogP contribution in [-0.2, 0) is 11.8 Å². The second kappa shape index (κ2) is 4.39. The molecule has 0 aliphatic heterocycles. The minimum Gasteiger partial charge on any atom is -0.245 e. The molecule has 2 heterocycles. The summed E-state index contributed by atoms with van der Waals surface area (Å²) in [6, 6.07) is 0. The van der Waals surface area contributed by atoms with Crippen LogP contribution in [0.15, 0.2) is 5.38 Å². The highest BCUT2D eigenvalue weighted by Gasteiger charge is 2.18. The maximum atomic E-state index is 5.90. The van der Waals surface area contributed by atoms with Crippen molar-refractivity contribution in [2.45, 2.75) is 32.6 Å². The quantitative estimate of drug-likeness (QED) is 0.840. The molecule has 0 aromatic carbocycles. The fourth-order valence-corrected chi connectivity index (χ4v) is 2.93. The van der Waals surface area contributed by atoms with Gasteiger partial charge in [0.25, 0.3) is 0 Å². The van der Waals surface area contributed by atoms with Gasteiger partial charge in [-0.05, 0) is 0 Å². The van der Waals surface area contributed by atoms with Crippen LogP contribution in [0.1, 0.15) is 37.2 Å². The summed E-state index contributed by atoms with van der Waals surface area (Å²) in [6.45, 7) is 6.47. The zero-order chi connectivity index (χ0) is 11.8. The molecule has 3 nitrogen and oxygen atoms in total. The van der Waals surface area contributed by atoms with Gasteiger partial charge in [-0.15, -0.1) is 11.3 Å². The van der Waals surface area contributed by atoms with Crippen LogP contribution in [0, 0.1) is 0 Å². The Labute approximate surface area is 108 Å². The third-order valence-electron chi connectivity index (χ3n) is 2.15. The molecule has 2 aromatic heterocycles. The Balaban J connectivity index is 2.18. The molecule has 16 heavy (non-hydrogen) atoms. The highest BCUT2D eigenvalue weighted by molar-refractivity contribution is 7.09. The fraction of sp³-hybridized carbons (Fsp3) is 0.500. The van der Waals surface area contributed by atoms with E-state index in [4.69, 9.17) is 11.6 Å². The van der Waals surface area contributed by atoms with Crippen LogP contribution >= 0.6 is 34.7 Å². The highest BCUT2D eigenvalue weighted by Crippen LogP contribution is 2.26. The Morgan fingerprint density at radius 2 is 2.06 bits per heavy atom. The van der Waals surface area contributed by atoms with Crippen LogP contribution in [0.5, 0.6) is 0 Å². The lowest BCUT2D eigenvalue weighted by Gasteiger charge is -2.14. The molecule has 0 unspecified atom stereocenters. The van der Waals surface area contributed by atoms with Crippen molar-refractivity contribution < 1.29 is 0 Å². The molecule has 2 rings (SSSR count). The first-order valence-corrected chi connectivity index (χ1v) is 6.87. The van der Waals surface area contributed by atoms with Gasteiger partial charge in [0.05, 0.1) is 22.4 Å². The maximum absolute atomic E-state index is 5.90. The van der Waals surface area contributed by atoms with Crippen LogP contribution in [0.2, 0.25) is 5.15 Å². The molecule has 0 spiro atoms. The Bertz CT molecular complexity index is 484. The van der Waals surface area contributed by atoms with Gasteiger partial charge in [0.1, 0.15) is 5.69 Å². The zero-order valence-electron chi connectivity index (χ0n) is 9.32. The van der Waals surface area contributed by atoms with Gasteiger partial charge in [0.2, 0.25) is 0 Å². The van der Waals surface area contributed by atoms with E-state index in [2.05, 4.69) is 39.9 Å². The van der Waals surface area contributed by atoms with E-state index < -0.39 is 0 Å². The summed E-state index contributed by atoms with van der Waals surface area (Å²) in [7, 11) is 0. The standard InChI is InChI=1S/C10H12ClN3S2/c1-10(2,3)7-5-15-8(12-7)4-6-9(11)14-16-13-6/h5H,4H2,1-3H3. The first-order chi connectivity index (χ1) is 7.47. The fourth-order valence-electron chi connectivity index (χ4n) is 1.18. The molecule has 2 aromatic rings. The predicted molar refractivity (Wildman–Crippen MR) is 68.5 cm³/mol. The lowest BCUT2D eigenvalue weighted by atomic mass is 9.93. The Kier molecular flexibility index (Phi) is 3.28. The van der Waals surface area contributed by atoms with Crippen molar-refractivity contribution in [3.8, 4) is 0 Å². The molecule has 0 bridgehead atoms. The molecular formula is C10H12ClN3S2. The molecule has 0 radical (unpaired) electrons. The van der Waals surface area contributed by atoms with Crippen LogP contribution in [-0.4, -0.2) is 13.7 Å². The summed E-state index contributed by atoms with van der Waals surface area (Å²) in [6.07, 6.45) is 0.677. The molecular weight excluding hydrogens is 262 g/mol. The zero-order valence-corrected chi connectivity index (χ0v) is 11.7. The van der Waals surface area contributed by atoms with E-state index in [-0.39, 0.29) is 5.41 Å². The SMILES string of the molecule is CC(C)(C)c1csc(Cc2nsnc2Cl)n1. The largest absolute Gasteiger partial charge is 0.245 e. The summed E-state index contributed by atoms with van der Waals surface area (Å²) >= 11 is 8.69. The van der Waals surface area contributed by atoms with E-state index in [1.807, 2.05) is 0 Å². The predicted octanol–water partition coefficient (Wildman–Crippen LogP) is 3.54. The van der Waals surface area contributed by atoms with Gasteiger partial charge in [-0.25, -0.2) is 4.98 Å². The summed E-state index contributed by atoms with van der Waals surface area (Å²) in [4.78, 5) is 4.59. The molecule has 0 saturated heterocycles. The minimum atomic E-state index is 0.0961. The van der Waals surface area contributed by atoms with E-state index in [0.29, 0.717) is 11.6 Å². The van der Waals surface area contributed by atoms with Crippen molar-refractivity contribution >= 4 is 34.7 Å². The Morgan fingerprint density at radius 1 is 1.31 bits per heavy atom. The van der Waals surface area contributed by atoms with Crippen molar-refractivity contribution in [2.75, 3.05) is 0 Å². The van der Waals surface area contributed by atoms with Gasteiger partial charge in [-0.3, -0.25) is 0 Å². The molecule has 0 fully saturated rings. The van der Waals surface area contributed by atoms with E-state index in [1.54, 1.807) is 11.3 Å². The van der Waals surface area contributed by atoms with E-state index >= 15 is 0 Å². The minimum absolute atomic E-state index is 0.0961. The molecule has 0 saturated carbocycles. The molecule has 0 aliphatic carbocycles. The van der Waals surface area contributed by atoms with Gasteiger partial charge in [-0.2, -0.15) is 8.75 Å². The monoisotopic (exact) mass is 273 g/mol. The summed E-state index contributed by atoms with van der Waals surface area (Å²) in [5, 5.41) is 3.64. The normalized spacial score (nSPS) is 12.0. The van der Waals surface area contributed by atoms with Crippen molar-refractivity contribution in [1.82, 2.24) is 13.7 Å². The van der Waals surface area contributed by atoms with Crippen molar-refractivity contribution in [3.63, 3.8) is 0 Å². The average Bonchev–Trinajstić information content (AvgIpc) is 2.76. The van der Waals surface area contributed by atoms with E-state index in [9.17, 15) is 0 Å². The van der Waals surface area contributed by atoms with Crippen LogP contribution in [0.4, 0.5) is 0 Å². The number of halogens is 1. The van der Waals surface area contributed by atoms with E-state index in [0.717, 1.165) is 28.1 Å². The van der Waals surface area contributed by atoms with Crippen molar-refractivity contribution in [1.29, 1.82) is 0 Å². The third-order valence-corrected chi connectivity index (χ3v) is 3.97. The van der Waals surface area contributed by atoms with Gasteiger partial charge in [0, 0.05) is 17.2 Å². The molecule has 0 amide bonds. The first kappa shape index (κ1) is 12.0. The second-order valence-corrected chi connectivity index (χ2v) is 6.38. The highest BCUT2D eigenvalue weighted by atomic mass is 35.5. The smallest absolute Gasteiger partial charge is 0.166 e. The van der Waals surface area contributed by atoms with Gasteiger partial charge < -0.3 is 0 Å². The third kappa shape index (κ3) is 2.59. The number of hydrogen-bond acceptors (Lipinski definition) is 5. The number of aromatic nitrogens is 3. The molecule has 0 aliphatic rings. The number of rotatable bonds is 2. The van der Waals surface area contributed by atoms with Gasteiger partial charge in [-0.1, -0.05) is 32.4 Å². The Morgan fingerprint density at radius 3 is 2.56 bits per heavy atom. The molecule has 6 heteroatoms. The first-order valence-electron chi connectivity index (χ1n) is 4.88. The van der Waals surface area contributed by atoms with Crippen LogP contribution in [0.3, 0.4) is 0 Å². The lowest BCUT2D eigenvalue weighted by molar-refractivity contribution is 0.571. The number of nitrogens with zero attached hydrogens (tertiary/aromatic N) is 3. The lowest BCUT2D eigenvalue weighted by Crippen LogP contribution is -2.11. The summed E-state index contributed by atoms with van der Waals surface area (Å²) in [5.41, 5.74) is 2.03. The molecule has 86 valence electrons. The summed E-state index contributed by atoms with van der Waals surface area (Å²) in [5.74, 6) is 0. The average molecular weight is 274 g/mol. The Hall–Kier alpha value is -0.520. The molecule has 0 atom stereocenters. The van der Waals surface area contributed by atoms with E-state index in [1.165, 1.54) is 0 Å².